The summed E-state index contributed by atoms with van der Waals surface area (Å²) < 4.78 is 0. The number of nitrogens with zero attached hydrogens (tertiary/aromatic N) is 1. The quantitative estimate of drug-likeness (QED) is 0.657. The number of H-pyrrole nitrogens is 1. The Labute approximate surface area is 76.7 Å². The van der Waals surface area contributed by atoms with Crippen LogP contribution in [0, 0.1) is 0 Å². The molecule has 0 amide bonds. The smallest absolute Gasteiger partial charge is 0.257 e. The maximum Gasteiger partial charge on any atom is 0.257 e. The Morgan fingerprint density at radius 1 is 1.69 bits per heavy atom. The largest absolute Gasteiger partial charge is 0.319 e. The van der Waals surface area contributed by atoms with Gasteiger partial charge in [0.15, 0.2) is 0 Å². The van der Waals surface area contributed by atoms with Crippen LogP contribution in [0.2, 0.25) is 0 Å². The molecule has 0 aliphatic rings. The number of hydrogen-bond acceptors (Lipinski definition) is 3. The lowest BCUT2D eigenvalue weighted by Gasteiger charge is -1.91. The third-order valence-electron chi connectivity index (χ3n) is 1.60. The van der Waals surface area contributed by atoms with E-state index in [1.165, 1.54) is 6.33 Å². The second kappa shape index (κ2) is 5.27. The Bertz CT molecular complexity index is 330. The van der Waals surface area contributed by atoms with Gasteiger partial charge in [-0.3, -0.25) is 4.79 Å². The van der Waals surface area contributed by atoms with E-state index in [1.54, 1.807) is 12.3 Å². The van der Waals surface area contributed by atoms with Gasteiger partial charge in [-0.2, -0.15) is 0 Å². The van der Waals surface area contributed by atoms with E-state index in [1.807, 2.05) is 13.1 Å². The average Bonchev–Trinajstić information content (AvgIpc) is 2.15. The number of aromatic amines is 1. The predicted octanol–water partition coefficient (Wildman–Crippen LogP) is 0.393. The van der Waals surface area contributed by atoms with Crippen LogP contribution in [-0.4, -0.2) is 23.6 Å². The van der Waals surface area contributed by atoms with Gasteiger partial charge in [-0.15, -0.1) is 0 Å². The summed E-state index contributed by atoms with van der Waals surface area (Å²) in [7, 11) is 1.89. The van der Waals surface area contributed by atoms with E-state index in [-0.39, 0.29) is 5.56 Å². The molecule has 0 spiro atoms. The highest BCUT2D eigenvalue weighted by Crippen LogP contribution is 1.91. The summed E-state index contributed by atoms with van der Waals surface area (Å²) in [6.07, 6.45) is 7.57. The zero-order valence-electron chi connectivity index (χ0n) is 7.58. The summed E-state index contributed by atoms with van der Waals surface area (Å²) in [6, 6.07) is 0. The molecule has 0 atom stereocenters. The molecule has 1 aromatic rings. The Kier molecular flexibility index (Phi) is 3.92. The van der Waals surface area contributed by atoms with Gasteiger partial charge in [-0.25, -0.2) is 4.98 Å². The first-order valence-corrected chi connectivity index (χ1v) is 4.18. The van der Waals surface area contributed by atoms with E-state index in [2.05, 4.69) is 15.3 Å². The van der Waals surface area contributed by atoms with Crippen LogP contribution in [0.15, 0.2) is 23.4 Å². The molecule has 1 rings (SSSR count). The highest BCUT2D eigenvalue weighted by molar-refractivity contribution is 5.45. The van der Waals surface area contributed by atoms with Crippen molar-refractivity contribution in [2.24, 2.45) is 0 Å². The summed E-state index contributed by atoms with van der Waals surface area (Å²) in [5, 5.41) is 3.02. The predicted molar refractivity (Wildman–Crippen MR) is 52.4 cm³/mol. The lowest BCUT2D eigenvalue weighted by atomic mass is 10.3. The molecule has 0 radical (unpaired) electrons. The SMILES string of the molecule is CNCCC=Cc1cnc[nH]c1=O. The van der Waals surface area contributed by atoms with Crippen molar-refractivity contribution in [1.29, 1.82) is 0 Å². The van der Waals surface area contributed by atoms with Crippen LogP contribution in [0.1, 0.15) is 12.0 Å². The zero-order valence-corrected chi connectivity index (χ0v) is 7.58. The first-order chi connectivity index (χ1) is 6.34. The van der Waals surface area contributed by atoms with Crippen LogP contribution in [0.5, 0.6) is 0 Å². The molecule has 0 aliphatic heterocycles. The molecule has 0 bridgehead atoms. The standard InChI is InChI=1S/C9H13N3O/c1-10-5-3-2-4-8-6-11-7-12-9(8)13/h2,4,6-7,10H,3,5H2,1H3,(H,11,12,13). The molecule has 2 N–H and O–H groups in total. The average molecular weight is 179 g/mol. The summed E-state index contributed by atoms with van der Waals surface area (Å²) in [6.45, 7) is 0.911. The van der Waals surface area contributed by atoms with Crippen LogP contribution in [0.25, 0.3) is 6.08 Å². The van der Waals surface area contributed by atoms with Crippen LogP contribution in [0.3, 0.4) is 0 Å². The lowest BCUT2D eigenvalue weighted by molar-refractivity contribution is 0.809. The van der Waals surface area contributed by atoms with E-state index in [4.69, 9.17) is 0 Å². The molecule has 0 saturated carbocycles. The number of hydrogen-bond donors (Lipinski definition) is 2. The van der Waals surface area contributed by atoms with Crippen molar-refractivity contribution in [2.45, 2.75) is 6.42 Å². The molecule has 13 heavy (non-hydrogen) atoms. The number of rotatable bonds is 4. The second-order valence-electron chi connectivity index (χ2n) is 2.63. The van der Waals surface area contributed by atoms with Gasteiger partial charge in [-0.1, -0.05) is 12.2 Å². The molecule has 0 aromatic carbocycles. The number of aromatic nitrogens is 2. The van der Waals surface area contributed by atoms with Gasteiger partial charge in [0.2, 0.25) is 0 Å². The van der Waals surface area contributed by atoms with Gasteiger partial charge in [0.05, 0.1) is 11.9 Å². The van der Waals surface area contributed by atoms with Crippen LogP contribution < -0.4 is 10.9 Å². The van der Waals surface area contributed by atoms with Gasteiger partial charge >= 0.3 is 0 Å². The Morgan fingerprint density at radius 3 is 3.23 bits per heavy atom. The molecular formula is C9H13N3O. The second-order valence-corrected chi connectivity index (χ2v) is 2.63. The molecule has 4 nitrogen and oxygen atoms in total. The van der Waals surface area contributed by atoms with Crippen molar-refractivity contribution in [3.8, 4) is 0 Å². The van der Waals surface area contributed by atoms with Gasteiger partial charge < -0.3 is 10.3 Å². The molecule has 70 valence electrons. The summed E-state index contributed by atoms with van der Waals surface area (Å²) in [5.74, 6) is 0. The van der Waals surface area contributed by atoms with Crippen LogP contribution >= 0.6 is 0 Å². The summed E-state index contributed by atoms with van der Waals surface area (Å²) >= 11 is 0. The Balaban J connectivity index is 2.58. The van der Waals surface area contributed by atoms with Gasteiger partial charge in [0.1, 0.15) is 0 Å². The fourth-order valence-corrected chi connectivity index (χ4v) is 0.912. The van der Waals surface area contributed by atoms with E-state index < -0.39 is 0 Å². The summed E-state index contributed by atoms with van der Waals surface area (Å²) in [4.78, 5) is 17.4. The first-order valence-electron chi connectivity index (χ1n) is 4.18. The molecule has 1 aromatic heterocycles. The normalized spacial score (nSPS) is 10.8. The first kappa shape index (κ1) is 9.67. The highest BCUT2D eigenvalue weighted by atomic mass is 16.1. The van der Waals surface area contributed by atoms with Crippen molar-refractivity contribution < 1.29 is 0 Å². The van der Waals surface area contributed by atoms with Gasteiger partial charge in [0.25, 0.3) is 5.56 Å². The van der Waals surface area contributed by atoms with E-state index in [0.29, 0.717) is 5.56 Å². The number of nitrogens with one attached hydrogen (secondary N) is 2. The van der Waals surface area contributed by atoms with Crippen molar-refractivity contribution in [3.63, 3.8) is 0 Å². The topological polar surface area (TPSA) is 57.8 Å². The van der Waals surface area contributed by atoms with Crippen LogP contribution in [0.4, 0.5) is 0 Å². The van der Waals surface area contributed by atoms with E-state index in [0.717, 1.165) is 13.0 Å². The van der Waals surface area contributed by atoms with Crippen molar-refractivity contribution in [3.05, 3.63) is 34.5 Å². The molecule has 0 unspecified atom stereocenters. The van der Waals surface area contributed by atoms with E-state index in [9.17, 15) is 4.79 Å². The molecule has 0 saturated heterocycles. The third-order valence-corrected chi connectivity index (χ3v) is 1.60. The molecule has 0 fully saturated rings. The zero-order chi connectivity index (χ0) is 9.52. The van der Waals surface area contributed by atoms with Crippen molar-refractivity contribution in [1.82, 2.24) is 15.3 Å². The minimum atomic E-state index is -0.101. The Hall–Kier alpha value is -1.42. The highest BCUT2D eigenvalue weighted by Gasteiger charge is 1.91. The van der Waals surface area contributed by atoms with Gasteiger partial charge in [0, 0.05) is 6.20 Å². The monoisotopic (exact) mass is 179 g/mol. The molecular weight excluding hydrogens is 166 g/mol. The minimum Gasteiger partial charge on any atom is -0.319 e. The molecule has 1 heterocycles. The molecule has 4 heteroatoms. The van der Waals surface area contributed by atoms with E-state index >= 15 is 0 Å². The van der Waals surface area contributed by atoms with Crippen LogP contribution in [-0.2, 0) is 0 Å². The maximum atomic E-state index is 11.1. The Morgan fingerprint density at radius 2 is 2.54 bits per heavy atom. The molecule has 0 aliphatic carbocycles. The van der Waals surface area contributed by atoms with Crippen molar-refractivity contribution >= 4 is 6.08 Å². The fourth-order valence-electron chi connectivity index (χ4n) is 0.912. The maximum absolute atomic E-state index is 11.1. The summed E-state index contributed by atoms with van der Waals surface area (Å²) in [5.41, 5.74) is 0.495. The van der Waals surface area contributed by atoms with Gasteiger partial charge in [-0.05, 0) is 20.0 Å². The lowest BCUT2D eigenvalue weighted by Crippen LogP contribution is -2.09. The fraction of sp³-hybridized carbons (Fsp3) is 0.333. The minimum absolute atomic E-state index is 0.101. The van der Waals surface area contributed by atoms with Crippen molar-refractivity contribution in [2.75, 3.05) is 13.6 Å². The third kappa shape index (κ3) is 3.21.